The van der Waals surface area contributed by atoms with E-state index in [1.54, 1.807) is 0 Å². The number of hydrogen-bond acceptors (Lipinski definition) is 4. The molecule has 1 fully saturated rings. The molecule has 3 rings (SSSR count). The van der Waals surface area contributed by atoms with Crippen LogP contribution in [0.3, 0.4) is 0 Å². The van der Waals surface area contributed by atoms with E-state index in [1.165, 1.54) is 56.4 Å². The van der Waals surface area contributed by atoms with Crippen LogP contribution in [0.5, 0.6) is 5.75 Å². The second kappa shape index (κ2) is 13.4. The minimum absolute atomic E-state index is 0.815. The third-order valence-electron chi connectivity index (χ3n) is 5.39. The summed E-state index contributed by atoms with van der Waals surface area (Å²) in [6.45, 7) is 7.04. The average Bonchev–Trinajstić information content (AvgIpc) is 2.78. The first-order chi connectivity index (χ1) is 15.0. The Labute approximate surface area is 184 Å². The monoisotopic (exact) mass is 427 g/mol. The second-order valence-corrected chi connectivity index (χ2v) is 7.94. The van der Waals surface area contributed by atoms with Crippen molar-refractivity contribution >= 4 is 11.9 Å². The number of aliphatic carboxylic acids is 2. The van der Waals surface area contributed by atoms with Gasteiger partial charge in [-0.25, -0.2) is 9.59 Å². The van der Waals surface area contributed by atoms with Crippen LogP contribution in [-0.4, -0.2) is 53.3 Å². The zero-order valence-corrected chi connectivity index (χ0v) is 18.2. The predicted octanol–water partition coefficient (Wildman–Crippen LogP) is 4.79. The predicted molar refractivity (Wildman–Crippen MR) is 121 cm³/mol. The van der Waals surface area contributed by atoms with Crippen LogP contribution < -0.4 is 4.74 Å². The zero-order valence-electron chi connectivity index (χ0n) is 18.2. The first kappa shape index (κ1) is 24.4. The van der Waals surface area contributed by atoms with E-state index in [0.29, 0.717) is 0 Å². The number of rotatable bonds is 8. The van der Waals surface area contributed by atoms with E-state index in [9.17, 15) is 0 Å². The first-order valence-corrected chi connectivity index (χ1v) is 10.9. The van der Waals surface area contributed by atoms with Crippen LogP contribution in [0.4, 0.5) is 0 Å². The topological polar surface area (TPSA) is 87.1 Å². The highest BCUT2D eigenvalue weighted by atomic mass is 16.5. The number of carboxylic acid groups (broad SMARTS) is 2. The maximum Gasteiger partial charge on any atom is 0.414 e. The summed E-state index contributed by atoms with van der Waals surface area (Å²) in [4.78, 5) is 20.8. The zero-order chi connectivity index (χ0) is 22.5. The summed E-state index contributed by atoms with van der Waals surface area (Å²) in [5, 5.41) is 14.8. The molecule has 0 aromatic heterocycles. The van der Waals surface area contributed by atoms with Gasteiger partial charge >= 0.3 is 11.9 Å². The number of hydrogen-bond donors (Lipinski definition) is 2. The third-order valence-corrected chi connectivity index (χ3v) is 5.39. The quantitative estimate of drug-likeness (QED) is 0.465. The number of piperidine rings is 1. The highest BCUT2D eigenvalue weighted by Crippen LogP contribution is 2.23. The lowest BCUT2D eigenvalue weighted by molar-refractivity contribution is -0.159. The van der Waals surface area contributed by atoms with E-state index in [-0.39, 0.29) is 0 Å². The van der Waals surface area contributed by atoms with Gasteiger partial charge in [0.05, 0.1) is 6.61 Å². The molecule has 168 valence electrons. The summed E-state index contributed by atoms with van der Waals surface area (Å²) in [7, 11) is 0. The van der Waals surface area contributed by atoms with Crippen LogP contribution >= 0.6 is 0 Å². The molecule has 0 aliphatic carbocycles. The van der Waals surface area contributed by atoms with Crippen LogP contribution in [0.15, 0.2) is 54.6 Å². The number of nitrogens with zero attached hydrogens (tertiary/aromatic N) is 1. The molecule has 2 aromatic rings. The number of unbranched alkanes of at least 4 members (excludes halogenated alkanes) is 2. The molecule has 2 aromatic carbocycles. The lowest BCUT2D eigenvalue weighted by Gasteiger charge is -2.30. The Morgan fingerprint density at radius 1 is 0.903 bits per heavy atom. The number of carboxylic acids is 2. The van der Waals surface area contributed by atoms with E-state index < -0.39 is 11.9 Å². The largest absolute Gasteiger partial charge is 0.494 e. The molecule has 0 spiro atoms. The Balaban J connectivity index is 0.000000501. The van der Waals surface area contributed by atoms with Gasteiger partial charge in [0.25, 0.3) is 0 Å². The summed E-state index contributed by atoms with van der Waals surface area (Å²) in [5.74, 6) is -1.74. The van der Waals surface area contributed by atoms with Gasteiger partial charge in [0.15, 0.2) is 0 Å². The standard InChI is InChI=1S/C23H31NO.C2H2O4/c1-20-13-16-24(17-14-20)15-6-3-7-18-25-23-12-8-11-22(19-23)21-9-4-2-5-10-21;3-1(4)2(5)6/h2,4-5,8-12,19-20H,3,6-7,13-18H2,1H3;(H,3,4)(H,5,6). The Morgan fingerprint density at radius 3 is 2.19 bits per heavy atom. The molecular weight excluding hydrogens is 394 g/mol. The van der Waals surface area contributed by atoms with Crippen molar-refractivity contribution in [2.75, 3.05) is 26.2 Å². The van der Waals surface area contributed by atoms with E-state index in [4.69, 9.17) is 24.5 Å². The molecule has 0 radical (unpaired) electrons. The van der Waals surface area contributed by atoms with Gasteiger partial charge in [-0.3, -0.25) is 0 Å². The molecule has 0 amide bonds. The Hall–Kier alpha value is -2.86. The lowest BCUT2D eigenvalue weighted by Crippen LogP contribution is -2.33. The Kier molecular flexibility index (Phi) is 10.6. The number of ether oxygens (including phenoxy) is 1. The fourth-order valence-electron chi connectivity index (χ4n) is 3.49. The van der Waals surface area contributed by atoms with E-state index in [0.717, 1.165) is 24.7 Å². The molecule has 1 saturated heterocycles. The number of likely N-dealkylation sites (tertiary alicyclic amines) is 1. The van der Waals surface area contributed by atoms with Gasteiger partial charge < -0.3 is 19.8 Å². The van der Waals surface area contributed by atoms with Gasteiger partial charge in [0.1, 0.15) is 5.75 Å². The van der Waals surface area contributed by atoms with Gasteiger partial charge in [-0.15, -0.1) is 0 Å². The van der Waals surface area contributed by atoms with Crippen molar-refractivity contribution in [2.24, 2.45) is 5.92 Å². The van der Waals surface area contributed by atoms with Gasteiger partial charge in [0, 0.05) is 0 Å². The Bertz CT molecular complexity index is 789. The minimum Gasteiger partial charge on any atom is -0.494 e. The van der Waals surface area contributed by atoms with Crippen LogP contribution in [0.1, 0.15) is 39.0 Å². The van der Waals surface area contributed by atoms with Crippen molar-refractivity contribution < 1.29 is 24.5 Å². The summed E-state index contributed by atoms with van der Waals surface area (Å²) >= 11 is 0. The number of carbonyl (C=O) groups is 2. The molecule has 0 atom stereocenters. The van der Waals surface area contributed by atoms with Crippen LogP contribution in [0.2, 0.25) is 0 Å². The normalized spacial score (nSPS) is 14.4. The fourth-order valence-corrected chi connectivity index (χ4v) is 3.49. The van der Waals surface area contributed by atoms with Crippen molar-refractivity contribution in [3.63, 3.8) is 0 Å². The molecule has 0 unspecified atom stereocenters. The number of benzene rings is 2. The second-order valence-electron chi connectivity index (χ2n) is 7.94. The maximum atomic E-state index is 9.10. The molecule has 0 saturated carbocycles. The molecule has 1 heterocycles. The SMILES string of the molecule is CC1CCN(CCCCCOc2cccc(-c3ccccc3)c2)CC1.O=C(O)C(=O)O. The molecule has 2 N–H and O–H groups in total. The van der Waals surface area contributed by atoms with Gasteiger partial charge in [-0.05, 0) is 80.9 Å². The highest BCUT2D eigenvalue weighted by molar-refractivity contribution is 6.27. The van der Waals surface area contributed by atoms with Gasteiger partial charge in [-0.2, -0.15) is 0 Å². The summed E-state index contributed by atoms with van der Waals surface area (Å²) < 4.78 is 5.96. The smallest absolute Gasteiger partial charge is 0.414 e. The summed E-state index contributed by atoms with van der Waals surface area (Å²) in [6, 6.07) is 18.9. The van der Waals surface area contributed by atoms with Gasteiger partial charge in [-0.1, -0.05) is 49.4 Å². The van der Waals surface area contributed by atoms with Crippen LogP contribution in [0.25, 0.3) is 11.1 Å². The van der Waals surface area contributed by atoms with Crippen molar-refractivity contribution in [2.45, 2.75) is 39.0 Å². The van der Waals surface area contributed by atoms with Crippen molar-refractivity contribution in [1.82, 2.24) is 4.90 Å². The highest BCUT2D eigenvalue weighted by Gasteiger charge is 2.14. The average molecular weight is 428 g/mol. The van der Waals surface area contributed by atoms with E-state index in [1.807, 2.05) is 6.07 Å². The fraction of sp³-hybridized carbons (Fsp3) is 0.440. The Morgan fingerprint density at radius 2 is 1.55 bits per heavy atom. The van der Waals surface area contributed by atoms with Crippen molar-refractivity contribution in [3.8, 4) is 16.9 Å². The third kappa shape index (κ3) is 9.66. The minimum atomic E-state index is -1.82. The van der Waals surface area contributed by atoms with Crippen LogP contribution in [0, 0.1) is 5.92 Å². The summed E-state index contributed by atoms with van der Waals surface area (Å²) in [6.07, 6.45) is 6.44. The van der Waals surface area contributed by atoms with Gasteiger partial charge in [0.2, 0.25) is 0 Å². The van der Waals surface area contributed by atoms with E-state index >= 15 is 0 Å². The molecular formula is C25H33NO5. The van der Waals surface area contributed by atoms with Crippen LogP contribution in [-0.2, 0) is 9.59 Å². The molecule has 6 nitrogen and oxygen atoms in total. The van der Waals surface area contributed by atoms with Crippen molar-refractivity contribution in [1.29, 1.82) is 0 Å². The maximum absolute atomic E-state index is 9.10. The van der Waals surface area contributed by atoms with E-state index in [2.05, 4.69) is 60.4 Å². The molecule has 31 heavy (non-hydrogen) atoms. The van der Waals surface area contributed by atoms with Crippen molar-refractivity contribution in [3.05, 3.63) is 54.6 Å². The molecule has 1 aliphatic heterocycles. The molecule has 1 aliphatic rings. The molecule has 6 heteroatoms. The lowest BCUT2D eigenvalue weighted by atomic mass is 9.99. The summed E-state index contributed by atoms with van der Waals surface area (Å²) in [5.41, 5.74) is 2.46. The first-order valence-electron chi connectivity index (χ1n) is 10.9. The molecule has 0 bridgehead atoms.